The van der Waals surface area contributed by atoms with Crippen LogP contribution >= 0.6 is 15.9 Å². The van der Waals surface area contributed by atoms with E-state index in [2.05, 4.69) is 20.8 Å². The number of anilines is 2. The Bertz CT molecular complexity index is 939. The number of rotatable bonds is 4. The van der Waals surface area contributed by atoms with Gasteiger partial charge < -0.3 is 19.4 Å². The number of nitrogens with zero attached hydrogens (tertiary/aromatic N) is 3. The lowest BCUT2D eigenvalue weighted by molar-refractivity contribution is -0.136. The molecule has 158 valence electrons. The van der Waals surface area contributed by atoms with Gasteiger partial charge in [-0.1, -0.05) is 15.9 Å². The molecular formula is C23H26BrN3O3. The smallest absolute Gasteiger partial charge is 0.228 e. The zero-order valence-electron chi connectivity index (χ0n) is 17.3. The number of halogens is 1. The first-order valence-electron chi connectivity index (χ1n) is 10.2. The van der Waals surface area contributed by atoms with Gasteiger partial charge in [0.2, 0.25) is 11.8 Å². The number of carbonyl (C=O) groups is 2. The standard InChI is InChI=1S/C23H26BrN3O3/c1-16-13-19(5-8-21(16)24)27-15-17(14-22(27)28)23(29)26-11-9-25(10-12-26)18-3-6-20(30-2)7-4-18/h3-8,13,17H,9-12,14-15H2,1-2H3. The molecule has 0 aromatic heterocycles. The maximum Gasteiger partial charge on any atom is 0.228 e. The first kappa shape index (κ1) is 20.7. The average Bonchev–Trinajstić information content (AvgIpc) is 3.17. The fraction of sp³-hybridized carbons (Fsp3) is 0.391. The van der Waals surface area contributed by atoms with Crippen molar-refractivity contribution >= 4 is 39.1 Å². The topological polar surface area (TPSA) is 53.1 Å². The zero-order chi connectivity index (χ0) is 21.3. The number of benzene rings is 2. The van der Waals surface area contributed by atoms with Gasteiger partial charge in [0.05, 0.1) is 13.0 Å². The third-order valence-electron chi connectivity index (χ3n) is 5.96. The predicted molar refractivity (Wildman–Crippen MR) is 121 cm³/mol. The van der Waals surface area contributed by atoms with Crippen LogP contribution in [0.5, 0.6) is 5.75 Å². The van der Waals surface area contributed by atoms with E-state index in [1.807, 2.05) is 54.3 Å². The lowest BCUT2D eigenvalue weighted by Gasteiger charge is -2.37. The largest absolute Gasteiger partial charge is 0.497 e. The molecule has 0 bridgehead atoms. The molecule has 4 rings (SSSR count). The molecule has 2 aromatic carbocycles. The third kappa shape index (κ3) is 4.17. The summed E-state index contributed by atoms with van der Waals surface area (Å²) < 4.78 is 6.23. The number of hydrogen-bond acceptors (Lipinski definition) is 4. The lowest BCUT2D eigenvalue weighted by atomic mass is 10.1. The molecule has 1 atom stereocenters. The highest BCUT2D eigenvalue weighted by molar-refractivity contribution is 9.10. The molecule has 0 aliphatic carbocycles. The molecule has 7 heteroatoms. The van der Waals surface area contributed by atoms with E-state index in [9.17, 15) is 9.59 Å². The molecule has 2 saturated heterocycles. The first-order valence-corrected chi connectivity index (χ1v) is 11.0. The summed E-state index contributed by atoms with van der Waals surface area (Å²) >= 11 is 3.49. The van der Waals surface area contributed by atoms with Crippen LogP contribution in [0, 0.1) is 12.8 Å². The van der Waals surface area contributed by atoms with Gasteiger partial charge in [-0.05, 0) is 55.0 Å². The van der Waals surface area contributed by atoms with Gasteiger partial charge in [0.1, 0.15) is 5.75 Å². The van der Waals surface area contributed by atoms with Crippen molar-refractivity contribution in [2.75, 3.05) is 49.6 Å². The first-order chi connectivity index (χ1) is 14.5. The Morgan fingerprint density at radius 1 is 1.03 bits per heavy atom. The number of aryl methyl sites for hydroxylation is 1. The highest BCUT2D eigenvalue weighted by Gasteiger charge is 2.38. The summed E-state index contributed by atoms with van der Waals surface area (Å²) in [4.78, 5) is 31.6. The van der Waals surface area contributed by atoms with Gasteiger partial charge in [0.25, 0.3) is 0 Å². The Balaban J connectivity index is 1.36. The number of carbonyl (C=O) groups excluding carboxylic acids is 2. The van der Waals surface area contributed by atoms with Crippen molar-refractivity contribution in [3.63, 3.8) is 0 Å². The average molecular weight is 472 g/mol. The van der Waals surface area contributed by atoms with Crippen molar-refractivity contribution in [3.8, 4) is 5.75 Å². The van der Waals surface area contributed by atoms with Crippen LogP contribution in [0.25, 0.3) is 0 Å². The number of hydrogen-bond donors (Lipinski definition) is 0. The van der Waals surface area contributed by atoms with E-state index in [4.69, 9.17) is 4.74 Å². The molecular weight excluding hydrogens is 446 g/mol. The summed E-state index contributed by atoms with van der Waals surface area (Å²) in [5, 5.41) is 0. The highest BCUT2D eigenvalue weighted by Crippen LogP contribution is 2.30. The Labute approximate surface area is 185 Å². The Morgan fingerprint density at radius 2 is 1.70 bits per heavy atom. The quantitative estimate of drug-likeness (QED) is 0.684. The van der Waals surface area contributed by atoms with Gasteiger partial charge >= 0.3 is 0 Å². The highest BCUT2D eigenvalue weighted by atomic mass is 79.9. The maximum atomic E-state index is 13.1. The minimum absolute atomic E-state index is 0.0203. The molecule has 0 radical (unpaired) electrons. The van der Waals surface area contributed by atoms with E-state index in [1.165, 1.54) is 0 Å². The summed E-state index contributed by atoms with van der Waals surface area (Å²) in [5.74, 6) is 0.680. The molecule has 6 nitrogen and oxygen atoms in total. The minimum atomic E-state index is -0.269. The fourth-order valence-electron chi connectivity index (χ4n) is 4.16. The summed E-state index contributed by atoms with van der Waals surface area (Å²) in [6.45, 7) is 5.37. The van der Waals surface area contributed by atoms with Crippen molar-refractivity contribution in [2.45, 2.75) is 13.3 Å². The fourth-order valence-corrected chi connectivity index (χ4v) is 4.40. The van der Waals surface area contributed by atoms with E-state index in [1.54, 1.807) is 12.0 Å². The lowest BCUT2D eigenvalue weighted by Crippen LogP contribution is -2.50. The third-order valence-corrected chi connectivity index (χ3v) is 6.85. The van der Waals surface area contributed by atoms with Crippen LogP contribution in [-0.4, -0.2) is 56.5 Å². The summed E-state index contributed by atoms with van der Waals surface area (Å²) in [5.41, 5.74) is 3.07. The predicted octanol–water partition coefficient (Wildman–Crippen LogP) is 3.47. The molecule has 0 saturated carbocycles. The number of amides is 2. The number of piperazine rings is 1. The normalized spacial score (nSPS) is 19.4. The molecule has 0 N–H and O–H groups in total. The van der Waals surface area contributed by atoms with Crippen molar-refractivity contribution in [1.82, 2.24) is 4.90 Å². The molecule has 2 fully saturated rings. The summed E-state index contributed by atoms with van der Waals surface area (Å²) in [6.07, 6.45) is 0.284. The van der Waals surface area contributed by atoms with Gasteiger partial charge in [-0.25, -0.2) is 0 Å². The van der Waals surface area contributed by atoms with E-state index in [0.29, 0.717) is 19.6 Å². The van der Waals surface area contributed by atoms with Crippen LogP contribution in [0.1, 0.15) is 12.0 Å². The Morgan fingerprint density at radius 3 is 2.33 bits per heavy atom. The van der Waals surface area contributed by atoms with Gasteiger partial charge in [0.15, 0.2) is 0 Å². The van der Waals surface area contributed by atoms with Crippen LogP contribution in [0.15, 0.2) is 46.9 Å². The van der Waals surface area contributed by atoms with Gasteiger partial charge in [-0.3, -0.25) is 9.59 Å². The van der Waals surface area contributed by atoms with Crippen LogP contribution < -0.4 is 14.5 Å². The zero-order valence-corrected chi connectivity index (χ0v) is 18.9. The van der Waals surface area contributed by atoms with Crippen LogP contribution in [0.2, 0.25) is 0 Å². The summed E-state index contributed by atoms with van der Waals surface area (Å²) in [6, 6.07) is 13.9. The van der Waals surface area contributed by atoms with Gasteiger partial charge in [0, 0.05) is 55.0 Å². The van der Waals surface area contributed by atoms with E-state index >= 15 is 0 Å². The Kier molecular flexibility index (Phi) is 5.99. The molecule has 2 aliphatic heterocycles. The SMILES string of the molecule is COc1ccc(N2CCN(C(=O)C3CC(=O)N(c4ccc(Br)c(C)c4)C3)CC2)cc1. The van der Waals surface area contributed by atoms with Crippen molar-refractivity contribution in [2.24, 2.45) is 5.92 Å². The summed E-state index contributed by atoms with van der Waals surface area (Å²) in [7, 11) is 1.66. The second-order valence-corrected chi connectivity index (χ2v) is 8.70. The molecule has 2 aromatic rings. The van der Waals surface area contributed by atoms with Crippen LogP contribution in [0.4, 0.5) is 11.4 Å². The van der Waals surface area contributed by atoms with Crippen LogP contribution in [-0.2, 0) is 9.59 Å². The number of ether oxygens (including phenoxy) is 1. The Hall–Kier alpha value is -2.54. The second-order valence-electron chi connectivity index (χ2n) is 7.85. The molecule has 0 spiro atoms. The van der Waals surface area contributed by atoms with E-state index in [-0.39, 0.29) is 24.2 Å². The van der Waals surface area contributed by atoms with Crippen molar-refractivity contribution in [3.05, 3.63) is 52.5 Å². The molecule has 1 unspecified atom stereocenters. The molecule has 2 heterocycles. The van der Waals surface area contributed by atoms with Gasteiger partial charge in [-0.15, -0.1) is 0 Å². The number of methoxy groups -OCH3 is 1. The van der Waals surface area contributed by atoms with E-state index in [0.717, 1.165) is 40.2 Å². The van der Waals surface area contributed by atoms with Crippen molar-refractivity contribution < 1.29 is 14.3 Å². The van der Waals surface area contributed by atoms with E-state index < -0.39 is 0 Å². The minimum Gasteiger partial charge on any atom is -0.497 e. The van der Waals surface area contributed by atoms with Gasteiger partial charge in [-0.2, -0.15) is 0 Å². The molecule has 30 heavy (non-hydrogen) atoms. The maximum absolute atomic E-state index is 13.1. The molecule has 2 amide bonds. The second kappa shape index (κ2) is 8.68. The monoisotopic (exact) mass is 471 g/mol. The molecule has 2 aliphatic rings. The van der Waals surface area contributed by atoms with Crippen LogP contribution in [0.3, 0.4) is 0 Å². The van der Waals surface area contributed by atoms with Crippen molar-refractivity contribution in [1.29, 1.82) is 0 Å².